The highest BCUT2D eigenvalue weighted by Crippen LogP contribution is 2.39. The summed E-state index contributed by atoms with van der Waals surface area (Å²) in [7, 11) is 0. The molecule has 3 N–H and O–H groups in total. The zero-order chi connectivity index (χ0) is 18.8. The molecular weight excluding hydrogens is 342 g/mol. The van der Waals surface area contributed by atoms with E-state index in [0.717, 1.165) is 36.1 Å². The number of hydrogen-bond acceptors (Lipinski definition) is 4. The third kappa shape index (κ3) is 4.08. The van der Waals surface area contributed by atoms with Crippen LogP contribution in [0.1, 0.15) is 42.0 Å². The summed E-state index contributed by atoms with van der Waals surface area (Å²) < 4.78 is 5.58. The van der Waals surface area contributed by atoms with Gasteiger partial charge in [-0.3, -0.25) is 4.79 Å². The Kier molecular flexibility index (Phi) is 5.03. The molecule has 4 rings (SSSR count). The Morgan fingerprint density at radius 1 is 1.19 bits per heavy atom. The number of phenols is 1. The van der Waals surface area contributed by atoms with Crippen LogP contribution >= 0.6 is 0 Å². The Morgan fingerprint density at radius 3 is 2.70 bits per heavy atom. The first-order valence-corrected chi connectivity index (χ1v) is 9.59. The Bertz CT molecular complexity index is 812. The van der Waals surface area contributed by atoms with E-state index in [0.29, 0.717) is 19.4 Å². The summed E-state index contributed by atoms with van der Waals surface area (Å²) in [5.74, 6) is 1.43. The van der Waals surface area contributed by atoms with Crippen LogP contribution in [-0.4, -0.2) is 28.8 Å². The Labute approximate surface area is 159 Å². The summed E-state index contributed by atoms with van der Waals surface area (Å²) >= 11 is 0. The number of aliphatic hydroxyl groups excluding tert-OH is 1. The van der Waals surface area contributed by atoms with E-state index in [1.54, 1.807) is 12.1 Å². The van der Waals surface area contributed by atoms with Crippen molar-refractivity contribution >= 4 is 5.91 Å². The standard InChI is InChI=1S/C22H25NO4/c24-18-5-1-14(2-6-18)3-8-21(26)23-22(17-12-19(25)13-17)16-4-7-20-15(11-16)9-10-27-20/h1-2,4-7,11,17,19,22,24-25H,3,8-10,12-13H2,(H,23,26). The van der Waals surface area contributed by atoms with Crippen molar-refractivity contribution in [1.82, 2.24) is 5.32 Å². The van der Waals surface area contributed by atoms with Crippen LogP contribution in [0.3, 0.4) is 0 Å². The van der Waals surface area contributed by atoms with Crippen molar-refractivity contribution in [2.45, 2.75) is 44.2 Å². The van der Waals surface area contributed by atoms with Gasteiger partial charge in [-0.2, -0.15) is 0 Å². The largest absolute Gasteiger partial charge is 0.508 e. The summed E-state index contributed by atoms with van der Waals surface area (Å²) in [4.78, 5) is 12.6. The number of ether oxygens (including phenoxy) is 1. The summed E-state index contributed by atoms with van der Waals surface area (Å²) in [6, 6.07) is 13.0. The van der Waals surface area contributed by atoms with Crippen molar-refractivity contribution in [3.05, 3.63) is 59.2 Å². The predicted octanol–water partition coefficient (Wildman–Crippen LogP) is 2.89. The SMILES string of the molecule is O=C(CCc1ccc(O)cc1)NC(c1ccc2c(c1)CCO2)C1CC(O)C1. The molecule has 142 valence electrons. The number of aliphatic hydroxyl groups is 1. The van der Waals surface area contributed by atoms with Crippen LogP contribution in [0.5, 0.6) is 11.5 Å². The van der Waals surface area contributed by atoms with Crippen LogP contribution in [-0.2, 0) is 17.6 Å². The third-order valence-corrected chi connectivity index (χ3v) is 5.59. The van der Waals surface area contributed by atoms with Gasteiger partial charge in [0.1, 0.15) is 11.5 Å². The van der Waals surface area contributed by atoms with Crippen molar-refractivity contribution < 1.29 is 19.7 Å². The summed E-state index contributed by atoms with van der Waals surface area (Å²) in [6.07, 6.45) is 3.10. The van der Waals surface area contributed by atoms with Gasteiger partial charge < -0.3 is 20.3 Å². The molecule has 1 unspecified atom stereocenters. The molecule has 1 fully saturated rings. The van der Waals surface area contributed by atoms with Gasteiger partial charge in [0.25, 0.3) is 0 Å². The average molecular weight is 367 g/mol. The fourth-order valence-electron chi connectivity index (χ4n) is 3.94. The second-order valence-electron chi connectivity index (χ2n) is 7.56. The maximum absolute atomic E-state index is 12.6. The molecule has 0 saturated heterocycles. The lowest BCUT2D eigenvalue weighted by molar-refractivity contribution is -0.123. The molecule has 2 aromatic rings. The van der Waals surface area contributed by atoms with Crippen LogP contribution in [0, 0.1) is 5.92 Å². The van der Waals surface area contributed by atoms with Gasteiger partial charge in [-0.1, -0.05) is 18.2 Å². The van der Waals surface area contributed by atoms with E-state index in [2.05, 4.69) is 11.4 Å². The second kappa shape index (κ2) is 7.61. The van der Waals surface area contributed by atoms with E-state index >= 15 is 0 Å². The lowest BCUT2D eigenvalue weighted by atomic mass is 9.74. The molecule has 0 bridgehead atoms. The number of aromatic hydroxyl groups is 1. The fourth-order valence-corrected chi connectivity index (χ4v) is 3.94. The molecule has 27 heavy (non-hydrogen) atoms. The normalized spacial score (nSPS) is 21.7. The molecule has 0 radical (unpaired) electrons. The molecule has 1 heterocycles. The smallest absolute Gasteiger partial charge is 0.220 e. The van der Waals surface area contributed by atoms with Crippen LogP contribution < -0.4 is 10.1 Å². The zero-order valence-electron chi connectivity index (χ0n) is 15.2. The van der Waals surface area contributed by atoms with Crippen molar-refractivity contribution in [2.75, 3.05) is 6.61 Å². The van der Waals surface area contributed by atoms with Crippen molar-refractivity contribution in [1.29, 1.82) is 0 Å². The fraction of sp³-hybridized carbons (Fsp3) is 0.409. The number of nitrogens with one attached hydrogen (secondary N) is 1. The number of carbonyl (C=O) groups excluding carboxylic acids is 1. The molecule has 5 nitrogen and oxygen atoms in total. The Balaban J connectivity index is 1.43. The third-order valence-electron chi connectivity index (χ3n) is 5.59. The van der Waals surface area contributed by atoms with Gasteiger partial charge >= 0.3 is 0 Å². The van der Waals surface area contributed by atoms with E-state index in [-0.39, 0.29) is 29.7 Å². The van der Waals surface area contributed by atoms with E-state index in [1.165, 1.54) is 5.56 Å². The number of amides is 1. The maximum Gasteiger partial charge on any atom is 0.220 e. The van der Waals surface area contributed by atoms with Crippen LogP contribution in [0.2, 0.25) is 0 Å². The maximum atomic E-state index is 12.6. The van der Waals surface area contributed by atoms with Gasteiger partial charge in [-0.15, -0.1) is 0 Å². The minimum absolute atomic E-state index is 0.00575. The Morgan fingerprint density at radius 2 is 1.96 bits per heavy atom. The summed E-state index contributed by atoms with van der Waals surface area (Å²) in [5, 5.41) is 22.3. The van der Waals surface area contributed by atoms with E-state index in [1.807, 2.05) is 24.3 Å². The van der Waals surface area contributed by atoms with Crippen molar-refractivity contribution in [3.8, 4) is 11.5 Å². The first-order valence-electron chi connectivity index (χ1n) is 9.59. The molecule has 1 amide bonds. The topological polar surface area (TPSA) is 78.8 Å². The molecule has 1 saturated carbocycles. The van der Waals surface area contributed by atoms with Gasteiger partial charge in [0.2, 0.25) is 5.91 Å². The van der Waals surface area contributed by atoms with Crippen LogP contribution in [0.25, 0.3) is 0 Å². The molecule has 0 spiro atoms. The van der Waals surface area contributed by atoms with Gasteiger partial charge in [0.05, 0.1) is 18.8 Å². The molecule has 1 atom stereocenters. The van der Waals surface area contributed by atoms with Gasteiger partial charge in [0, 0.05) is 12.8 Å². The highest BCUT2D eigenvalue weighted by atomic mass is 16.5. The first-order chi connectivity index (χ1) is 13.1. The molecule has 2 aliphatic rings. The number of fused-ring (bicyclic) bond motifs is 1. The number of rotatable bonds is 6. The lowest BCUT2D eigenvalue weighted by Crippen LogP contribution is -2.41. The minimum Gasteiger partial charge on any atom is -0.508 e. The average Bonchev–Trinajstić information content (AvgIpc) is 3.11. The molecule has 1 aliphatic heterocycles. The van der Waals surface area contributed by atoms with E-state index in [4.69, 9.17) is 4.74 Å². The number of benzene rings is 2. The van der Waals surface area contributed by atoms with Crippen molar-refractivity contribution in [2.24, 2.45) is 5.92 Å². The van der Waals surface area contributed by atoms with Gasteiger partial charge in [-0.25, -0.2) is 0 Å². The molecule has 2 aromatic carbocycles. The monoisotopic (exact) mass is 367 g/mol. The van der Waals surface area contributed by atoms with Crippen LogP contribution in [0.4, 0.5) is 0 Å². The number of carbonyl (C=O) groups is 1. The van der Waals surface area contributed by atoms with E-state index < -0.39 is 0 Å². The zero-order valence-corrected chi connectivity index (χ0v) is 15.2. The highest BCUT2D eigenvalue weighted by molar-refractivity contribution is 5.76. The van der Waals surface area contributed by atoms with Gasteiger partial charge in [-0.05, 0) is 66.1 Å². The van der Waals surface area contributed by atoms with Crippen molar-refractivity contribution in [3.63, 3.8) is 0 Å². The number of hydrogen-bond donors (Lipinski definition) is 3. The lowest BCUT2D eigenvalue weighted by Gasteiger charge is -2.38. The molecule has 1 aliphatic carbocycles. The number of phenolic OH excluding ortho intramolecular Hbond substituents is 1. The number of aryl methyl sites for hydroxylation is 1. The first kappa shape index (κ1) is 17.9. The molecular formula is C22H25NO4. The minimum atomic E-state index is -0.260. The molecule has 5 heteroatoms. The molecule has 0 aromatic heterocycles. The predicted molar refractivity (Wildman–Crippen MR) is 102 cm³/mol. The Hall–Kier alpha value is -2.53. The summed E-state index contributed by atoms with van der Waals surface area (Å²) in [5.41, 5.74) is 3.30. The van der Waals surface area contributed by atoms with Gasteiger partial charge in [0.15, 0.2) is 0 Å². The quantitative estimate of drug-likeness (QED) is 0.734. The summed E-state index contributed by atoms with van der Waals surface area (Å²) in [6.45, 7) is 0.713. The van der Waals surface area contributed by atoms with Crippen LogP contribution in [0.15, 0.2) is 42.5 Å². The van der Waals surface area contributed by atoms with E-state index in [9.17, 15) is 15.0 Å². The highest BCUT2D eigenvalue weighted by Gasteiger charge is 2.36. The second-order valence-corrected chi connectivity index (χ2v) is 7.56.